The minimum Gasteiger partial charge on any atom is -0.480 e. The van der Waals surface area contributed by atoms with Gasteiger partial charge in [0.2, 0.25) is 0 Å². The summed E-state index contributed by atoms with van der Waals surface area (Å²) >= 11 is 0. The Bertz CT molecular complexity index is 271. The van der Waals surface area contributed by atoms with Gasteiger partial charge in [0.05, 0.1) is 6.61 Å². The van der Waals surface area contributed by atoms with Gasteiger partial charge in [-0.25, -0.2) is 9.79 Å². The highest BCUT2D eigenvalue weighted by molar-refractivity contribution is 5.66. The fourth-order valence-corrected chi connectivity index (χ4v) is 0.744. The second-order valence-electron chi connectivity index (χ2n) is 2.10. The van der Waals surface area contributed by atoms with Crippen molar-refractivity contribution in [2.24, 2.45) is 0 Å². The first-order valence-corrected chi connectivity index (χ1v) is 3.29. The molecule has 0 aliphatic rings. The molecule has 0 amide bonds. The van der Waals surface area contributed by atoms with E-state index in [2.05, 4.69) is 15.5 Å². The van der Waals surface area contributed by atoms with Gasteiger partial charge in [0.1, 0.15) is 6.54 Å². The van der Waals surface area contributed by atoms with Crippen molar-refractivity contribution >= 4 is 5.97 Å². The highest BCUT2D eigenvalue weighted by Gasteiger charge is 2.07. The highest BCUT2D eigenvalue weighted by Crippen LogP contribution is 1.92. The molecular weight excluding hydrogens is 164 g/mol. The molecule has 65 valence electrons. The zero-order valence-electron chi connectivity index (χ0n) is 6.17. The van der Waals surface area contributed by atoms with Gasteiger partial charge < -0.3 is 5.11 Å². The van der Waals surface area contributed by atoms with Crippen LogP contribution in [-0.2, 0) is 22.9 Å². The average molecular weight is 171 g/mol. The number of nitrogens with zero attached hydrogens (tertiary/aromatic N) is 4. The van der Waals surface area contributed by atoms with Crippen LogP contribution in [-0.4, -0.2) is 37.9 Å². The largest absolute Gasteiger partial charge is 0.480 e. The molecule has 0 saturated carbocycles. The summed E-state index contributed by atoms with van der Waals surface area (Å²) in [6.45, 7) is -0.650. The normalized spacial score (nSPS) is 10.1. The van der Waals surface area contributed by atoms with E-state index in [0.29, 0.717) is 5.82 Å². The van der Waals surface area contributed by atoms with E-state index in [-0.39, 0.29) is 19.6 Å². The third-order valence-electron chi connectivity index (χ3n) is 1.22. The van der Waals surface area contributed by atoms with E-state index in [1.807, 2.05) is 0 Å². The van der Waals surface area contributed by atoms with Crippen molar-refractivity contribution < 1.29 is 15.0 Å². The van der Waals surface area contributed by atoms with Gasteiger partial charge in [0.15, 0.2) is 5.82 Å². The van der Waals surface area contributed by atoms with E-state index in [1.54, 1.807) is 0 Å². The Hall–Kier alpha value is -1.50. The molecule has 0 fully saturated rings. The first-order chi connectivity index (χ1) is 5.74. The average Bonchev–Trinajstić information content (AvgIpc) is 2.37. The molecule has 0 saturated heterocycles. The standard InChI is InChI=1S/C5H7N4O3/c10-2-1-4-6-7-8-9(4)3-5(11)12/h1-3H2,(H,11,12). The van der Waals surface area contributed by atoms with Crippen LogP contribution in [0.2, 0.25) is 0 Å². The van der Waals surface area contributed by atoms with Crippen LogP contribution in [0.15, 0.2) is 0 Å². The van der Waals surface area contributed by atoms with Gasteiger partial charge >= 0.3 is 5.97 Å². The van der Waals surface area contributed by atoms with Crippen LogP contribution < -0.4 is 0 Å². The van der Waals surface area contributed by atoms with Crippen LogP contribution >= 0.6 is 0 Å². The maximum atomic E-state index is 10.2. The lowest BCUT2D eigenvalue weighted by molar-refractivity contribution is -0.138. The van der Waals surface area contributed by atoms with E-state index in [1.165, 1.54) is 0 Å². The fourth-order valence-electron chi connectivity index (χ4n) is 0.744. The Morgan fingerprint density at radius 1 is 1.58 bits per heavy atom. The van der Waals surface area contributed by atoms with Crippen molar-refractivity contribution in [3.8, 4) is 0 Å². The number of hydrogen-bond donors (Lipinski definition) is 1. The lowest BCUT2D eigenvalue weighted by atomic mass is 10.4. The molecule has 1 heterocycles. The second-order valence-corrected chi connectivity index (χ2v) is 2.10. The Kier molecular flexibility index (Phi) is 2.70. The molecule has 0 aliphatic carbocycles. The lowest BCUT2D eigenvalue weighted by Gasteiger charge is -1.97. The van der Waals surface area contributed by atoms with E-state index in [4.69, 9.17) is 5.11 Å². The molecule has 1 aromatic heterocycles. The van der Waals surface area contributed by atoms with Crippen molar-refractivity contribution in [1.29, 1.82) is 0 Å². The molecule has 1 radical (unpaired) electrons. The van der Waals surface area contributed by atoms with Crippen LogP contribution in [0.3, 0.4) is 0 Å². The number of carboxylic acid groups (broad SMARTS) is 1. The Labute approximate surface area is 67.6 Å². The smallest absolute Gasteiger partial charge is 0.325 e. The van der Waals surface area contributed by atoms with Crippen LogP contribution in [0.5, 0.6) is 0 Å². The maximum absolute atomic E-state index is 10.2. The first-order valence-electron chi connectivity index (χ1n) is 3.29. The third-order valence-corrected chi connectivity index (χ3v) is 1.22. The molecule has 0 atom stereocenters. The molecule has 0 bridgehead atoms. The molecule has 7 nitrogen and oxygen atoms in total. The number of aliphatic carboxylic acids is 1. The number of carbonyl (C=O) groups is 1. The summed E-state index contributed by atoms with van der Waals surface area (Å²) in [4.78, 5) is 10.2. The lowest BCUT2D eigenvalue weighted by Crippen LogP contribution is -2.14. The number of carboxylic acids is 1. The zero-order chi connectivity index (χ0) is 8.97. The van der Waals surface area contributed by atoms with Gasteiger partial charge in [-0.3, -0.25) is 4.79 Å². The Morgan fingerprint density at radius 3 is 2.92 bits per heavy atom. The number of aromatic nitrogens is 4. The Morgan fingerprint density at radius 2 is 2.33 bits per heavy atom. The monoisotopic (exact) mass is 171 g/mol. The SMILES string of the molecule is [O]CCc1nnnn1CC(=O)O. The molecule has 1 aromatic rings. The maximum Gasteiger partial charge on any atom is 0.325 e. The summed E-state index contributed by atoms with van der Waals surface area (Å²) in [6.07, 6.45) is 0.153. The predicted molar refractivity (Wildman–Crippen MR) is 34.7 cm³/mol. The predicted octanol–water partition coefficient (Wildman–Crippen LogP) is -1.27. The Balaban J connectivity index is 2.69. The van der Waals surface area contributed by atoms with Crippen LogP contribution in [0, 0.1) is 0 Å². The summed E-state index contributed by atoms with van der Waals surface area (Å²) in [5.74, 6) is -0.721. The molecule has 1 rings (SSSR count). The van der Waals surface area contributed by atoms with Gasteiger partial charge in [-0.1, -0.05) is 0 Å². The van der Waals surface area contributed by atoms with Gasteiger partial charge in [0.25, 0.3) is 0 Å². The van der Waals surface area contributed by atoms with Crippen molar-refractivity contribution in [2.75, 3.05) is 6.61 Å². The van der Waals surface area contributed by atoms with Crippen LogP contribution in [0.4, 0.5) is 0 Å². The van der Waals surface area contributed by atoms with Crippen LogP contribution in [0.25, 0.3) is 0 Å². The summed E-state index contributed by atoms with van der Waals surface area (Å²) in [6, 6.07) is 0. The third kappa shape index (κ3) is 1.99. The molecule has 0 aliphatic heterocycles. The summed E-state index contributed by atoms with van der Waals surface area (Å²) in [5, 5.41) is 28.7. The number of tetrazole rings is 1. The van der Waals surface area contributed by atoms with E-state index in [9.17, 15) is 9.90 Å². The fraction of sp³-hybridized carbons (Fsp3) is 0.600. The van der Waals surface area contributed by atoms with Gasteiger partial charge in [0, 0.05) is 6.42 Å². The van der Waals surface area contributed by atoms with Gasteiger partial charge in [-0.15, -0.1) is 5.10 Å². The number of hydrogen-bond acceptors (Lipinski definition) is 4. The van der Waals surface area contributed by atoms with Crippen molar-refractivity contribution in [3.63, 3.8) is 0 Å². The van der Waals surface area contributed by atoms with E-state index >= 15 is 0 Å². The molecule has 7 heteroatoms. The molecule has 0 aromatic carbocycles. The van der Waals surface area contributed by atoms with Crippen molar-refractivity contribution in [2.45, 2.75) is 13.0 Å². The highest BCUT2D eigenvalue weighted by atomic mass is 16.4. The summed E-state index contributed by atoms with van der Waals surface area (Å²) < 4.78 is 1.10. The molecule has 1 N–H and O–H groups in total. The van der Waals surface area contributed by atoms with E-state index < -0.39 is 5.97 Å². The molecular formula is C5H7N4O3. The minimum absolute atomic E-state index is 0.153. The number of rotatable bonds is 4. The van der Waals surface area contributed by atoms with E-state index in [0.717, 1.165) is 4.68 Å². The molecule has 0 spiro atoms. The molecule has 12 heavy (non-hydrogen) atoms. The van der Waals surface area contributed by atoms with Crippen molar-refractivity contribution in [3.05, 3.63) is 5.82 Å². The minimum atomic E-state index is -1.03. The quantitative estimate of drug-likeness (QED) is 0.608. The molecule has 0 unspecified atom stereocenters. The summed E-state index contributed by atoms with van der Waals surface area (Å²) in [5.41, 5.74) is 0. The van der Waals surface area contributed by atoms with Crippen LogP contribution in [0.1, 0.15) is 5.82 Å². The van der Waals surface area contributed by atoms with Crippen molar-refractivity contribution in [1.82, 2.24) is 20.2 Å². The van der Waals surface area contributed by atoms with Gasteiger partial charge in [-0.05, 0) is 10.4 Å². The zero-order valence-corrected chi connectivity index (χ0v) is 6.17. The topological polar surface area (TPSA) is 101 Å². The first kappa shape index (κ1) is 8.60. The summed E-state index contributed by atoms with van der Waals surface area (Å²) in [7, 11) is 0. The van der Waals surface area contributed by atoms with Gasteiger partial charge in [-0.2, -0.15) is 0 Å². The second kappa shape index (κ2) is 3.77.